The van der Waals surface area contributed by atoms with E-state index < -0.39 is 11.9 Å². The third-order valence-corrected chi connectivity index (χ3v) is 3.08. The molecule has 1 heterocycles. The number of esters is 2. The normalized spacial score (nSPS) is 10.1. The van der Waals surface area contributed by atoms with Crippen LogP contribution in [0.2, 0.25) is 0 Å². The quantitative estimate of drug-likeness (QED) is 0.791. The average molecular weight is 304 g/mol. The summed E-state index contributed by atoms with van der Waals surface area (Å²) in [6, 6.07) is 8.16. The van der Waals surface area contributed by atoms with Gasteiger partial charge in [-0.1, -0.05) is 0 Å². The lowest BCUT2D eigenvalue weighted by Gasteiger charge is -2.06. The third-order valence-electron chi connectivity index (χ3n) is 3.08. The van der Waals surface area contributed by atoms with E-state index in [0.29, 0.717) is 17.1 Å². The summed E-state index contributed by atoms with van der Waals surface area (Å²) in [7, 11) is 2.62. The van der Waals surface area contributed by atoms with Crippen molar-refractivity contribution in [3.63, 3.8) is 0 Å². The Balaban J connectivity index is 2.02. The maximum atomic E-state index is 11.4. The molecule has 22 heavy (non-hydrogen) atoms. The van der Waals surface area contributed by atoms with Crippen LogP contribution in [0, 0.1) is 6.92 Å². The highest BCUT2D eigenvalue weighted by atomic mass is 16.5. The van der Waals surface area contributed by atoms with Gasteiger partial charge in [0.05, 0.1) is 19.8 Å². The first kappa shape index (κ1) is 15.6. The molecule has 2 rings (SSSR count). The van der Waals surface area contributed by atoms with E-state index in [4.69, 9.17) is 9.15 Å². The molecule has 0 fully saturated rings. The summed E-state index contributed by atoms with van der Waals surface area (Å²) in [5, 5.41) is 0. The number of carbonyl (C=O) groups is 2. The van der Waals surface area contributed by atoms with Crippen molar-refractivity contribution in [1.82, 2.24) is 0 Å². The van der Waals surface area contributed by atoms with Crippen molar-refractivity contribution in [1.29, 1.82) is 0 Å². The summed E-state index contributed by atoms with van der Waals surface area (Å²) in [4.78, 5) is 22.7. The third kappa shape index (κ3) is 3.46. The van der Waals surface area contributed by atoms with Crippen LogP contribution in [-0.4, -0.2) is 26.2 Å². The molecular weight excluding hydrogens is 288 g/mol. The Bertz CT molecular complexity index is 668. The highest BCUT2D eigenvalue weighted by Gasteiger charge is 2.15. The van der Waals surface area contributed by atoms with Gasteiger partial charge >= 0.3 is 11.9 Å². The summed E-state index contributed by atoms with van der Waals surface area (Å²) < 4.78 is 20.1. The molecule has 1 aromatic heterocycles. The maximum absolute atomic E-state index is 11.4. The zero-order valence-electron chi connectivity index (χ0n) is 12.5. The van der Waals surface area contributed by atoms with Crippen LogP contribution >= 0.6 is 0 Å². The minimum atomic E-state index is -0.531. The molecule has 6 heteroatoms. The maximum Gasteiger partial charge on any atom is 0.373 e. The molecule has 2 aromatic rings. The van der Waals surface area contributed by atoms with Crippen LogP contribution < -0.4 is 4.74 Å². The van der Waals surface area contributed by atoms with Crippen molar-refractivity contribution in [3.05, 3.63) is 53.0 Å². The number of furan rings is 1. The smallest absolute Gasteiger partial charge is 0.373 e. The molecule has 1 aromatic carbocycles. The number of aryl methyl sites for hydroxylation is 1. The van der Waals surface area contributed by atoms with E-state index in [2.05, 4.69) is 9.47 Å². The summed E-state index contributed by atoms with van der Waals surface area (Å²) in [6.45, 7) is 1.98. The second kappa shape index (κ2) is 6.80. The zero-order chi connectivity index (χ0) is 16.1. The lowest BCUT2D eigenvalue weighted by molar-refractivity contribution is 0.0562. The Morgan fingerprint density at radius 3 is 2.27 bits per heavy atom. The largest absolute Gasteiger partial charge is 0.489 e. The van der Waals surface area contributed by atoms with Crippen LogP contribution in [0.1, 0.15) is 32.2 Å². The van der Waals surface area contributed by atoms with Gasteiger partial charge in [0.15, 0.2) is 0 Å². The predicted octanol–water partition coefficient (Wildman–Crippen LogP) is 2.74. The summed E-state index contributed by atoms with van der Waals surface area (Å²) in [5.74, 6) is 0.385. The molecule has 0 bridgehead atoms. The molecule has 0 radical (unpaired) electrons. The average Bonchev–Trinajstić information content (AvgIpc) is 2.93. The predicted molar refractivity (Wildman–Crippen MR) is 76.9 cm³/mol. The van der Waals surface area contributed by atoms with Crippen molar-refractivity contribution >= 4 is 11.9 Å². The SMILES string of the molecule is COC(=O)c1ccc(OCc2cc(C(=O)OC)oc2C)cc1. The monoisotopic (exact) mass is 304 g/mol. The Morgan fingerprint density at radius 1 is 1.05 bits per heavy atom. The Kier molecular flexibility index (Phi) is 4.83. The van der Waals surface area contributed by atoms with Crippen LogP contribution in [0.3, 0.4) is 0 Å². The van der Waals surface area contributed by atoms with Gasteiger partial charge in [0.2, 0.25) is 5.76 Å². The van der Waals surface area contributed by atoms with Crippen molar-refractivity contribution in [2.45, 2.75) is 13.5 Å². The van der Waals surface area contributed by atoms with E-state index in [1.165, 1.54) is 14.2 Å². The number of carbonyl (C=O) groups excluding carboxylic acids is 2. The van der Waals surface area contributed by atoms with Crippen molar-refractivity contribution in [2.24, 2.45) is 0 Å². The molecule has 0 N–H and O–H groups in total. The van der Waals surface area contributed by atoms with Gasteiger partial charge in [0, 0.05) is 5.56 Å². The lowest BCUT2D eigenvalue weighted by Crippen LogP contribution is -2.01. The Hall–Kier alpha value is -2.76. The van der Waals surface area contributed by atoms with Crippen LogP contribution in [0.15, 0.2) is 34.7 Å². The van der Waals surface area contributed by atoms with Crippen LogP contribution in [0.4, 0.5) is 0 Å². The number of ether oxygens (including phenoxy) is 3. The Morgan fingerprint density at radius 2 is 1.68 bits per heavy atom. The first-order valence-corrected chi connectivity index (χ1v) is 6.54. The minimum absolute atomic E-state index is 0.139. The fourth-order valence-electron chi connectivity index (χ4n) is 1.83. The fraction of sp³-hybridized carbons (Fsp3) is 0.250. The van der Waals surface area contributed by atoms with Gasteiger partial charge < -0.3 is 18.6 Å². The van der Waals surface area contributed by atoms with Crippen LogP contribution in [0.25, 0.3) is 0 Å². The topological polar surface area (TPSA) is 75.0 Å². The lowest BCUT2D eigenvalue weighted by atomic mass is 10.2. The zero-order valence-corrected chi connectivity index (χ0v) is 12.5. The molecule has 0 atom stereocenters. The van der Waals surface area contributed by atoms with Crippen molar-refractivity contribution in [3.8, 4) is 5.75 Å². The number of methoxy groups -OCH3 is 2. The number of hydrogen-bond donors (Lipinski definition) is 0. The number of hydrogen-bond acceptors (Lipinski definition) is 6. The molecule has 0 aliphatic rings. The van der Waals surface area contributed by atoms with Gasteiger partial charge in [-0.15, -0.1) is 0 Å². The van der Waals surface area contributed by atoms with E-state index in [9.17, 15) is 9.59 Å². The van der Waals surface area contributed by atoms with Crippen LogP contribution in [-0.2, 0) is 16.1 Å². The van der Waals surface area contributed by atoms with E-state index in [0.717, 1.165) is 5.56 Å². The van der Waals surface area contributed by atoms with Gasteiger partial charge in [0.1, 0.15) is 18.1 Å². The first-order valence-electron chi connectivity index (χ1n) is 6.54. The summed E-state index contributed by atoms with van der Waals surface area (Å²) >= 11 is 0. The second-order valence-corrected chi connectivity index (χ2v) is 4.49. The van der Waals surface area contributed by atoms with Gasteiger partial charge in [-0.25, -0.2) is 9.59 Å². The van der Waals surface area contributed by atoms with E-state index in [1.807, 2.05) is 0 Å². The van der Waals surface area contributed by atoms with E-state index in [1.54, 1.807) is 37.3 Å². The van der Waals surface area contributed by atoms with Crippen LogP contribution in [0.5, 0.6) is 5.75 Å². The molecule has 6 nitrogen and oxygen atoms in total. The molecule has 0 aliphatic carbocycles. The molecular formula is C16H16O6. The molecule has 0 amide bonds. The molecule has 0 unspecified atom stereocenters. The summed E-state index contributed by atoms with van der Waals surface area (Å²) in [6.07, 6.45) is 0. The first-order chi connectivity index (χ1) is 10.5. The van der Waals surface area contributed by atoms with Gasteiger partial charge in [0.25, 0.3) is 0 Å². The highest BCUT2D eigenvalue weighted by molar-refractivity contribution is 5.89. The van der Waals surface area contributed by atoms with E-state index in [-0.39, 0.29) is 12.4 Å². The standard InChI is InChI=1S/C16H16O6/c1-10-12(8-14(22-10)16(18)20-3)9-21-13-6-4-11(5-7-13)15(17)19-2/h4-8H,9H2,1-3H3. The molecule has 116 valence electrons. The molecule has 0 saturated carbocycles. The van der Waals surface area contributed by atoms with Crippen molar-refractivity contribution < 1.29 is 28.2 Å². The summed E-state index contributed by atoms with van der Waals surface area (Å²) in [5.41, 5.74) is 1.19. The fourth-order valence-corrected chi connectivity index (χ4v) is 1.83. The molecule has 0 aliphatic heterocycles. The van der Waals surface area contributed by atoms with E-state index >= 15 is 0 Å². The minimum Gasteiger partial charge on any atom is -0.489 e. The molecule has 0 spiro atoms. The highest BCUT2D eigenvalue weighted by Crippen LogP contribution is 2.19. The number of benzene rings is 1. The van der Waals surface area contributed by atoms with Gasteiger partial charge in [-0.05, 0) is 37.3 Å². The Labute approximate surface area is 127 Å². The van der Waals surface area contributed by atoms with Gasteiger partial charge in [-0.3, -0.25) is 0 Å². The van der Waals surface area contributed by atoms with Gasteiger partial charge in [-0.2, -0.15) is 0 Å². The number of rotatable bonds is 5. The van der Waals surface area contributed by atoms with Crippen molar-refractivity contribution in [2.75, 3.05) is 14.2 Å². The molecule has 0 saturated heterocycles. The second-order valence-electron chi connectivity index (χ2n) is 4.49.